The number of fused-ring (bicyclic) bond motifs is 1. The van der Waals surface area contributed by atoms with Crippen LogP contribution in [0.3, 0.4) is 0 Å². The van der Waals surface area contributed by atoms with Crippen molar-refractivity contribution < 1.29 is 9.47 Å². The summed E-state index contributed by atoms with van der Waals surface area (Å²) in [6.45, 7) is 6.52. The molecule has 0 aromatic carbocycles. The number of nitrogens with two attached hydrogens (primary N) is 1. The van der Waals surface area contributed by atoms with E-state index in [1.165, 1.54) is 0 Å². The van der Waals surface area contributed by atoms with Gasteiger partial charge in [-0.25, -0.2) is 0 Å². The van der Waals surface area contributed by atoms with Crippen LogP contribution in [0.25, 0.3) is 0 Å². The summed E-state index contributed by atoms with van der Waals surface area (Å²) in [5.74, 6) is 1.10. The van der Waals surface area contributed by atoms with Crippen molar-refractivity contribution in [2.24, 2.45) is 22.1 Å². The maximum Gasteiger partial charge on any atom is 0.188 e. The quantitative estimate of drug-likeness (QED) is 0.423. The zero-order valence-corrected chi connectivity index (χ0v) is 10.9. The smallest absolute Gasteiger partial charge is 0.188 e. The Morgan fingerprint density at radius 2 is 2.35 bits per heavy atom. The van der Waals surface area contributed by atoms with Crippen LogP contribution in [0.15, 0.2) is 4.99 Å². The fraction of sp³-hybridized carbons (Fsp3) is 0.917. The van der Waals surface area contributed by atoms with Crippen molar-refractivity contribution in [1.82, 2.24) is 5.32 Å². The maximum atomic E-state index is 5.87. The molecule has 2 aliphatic rings. The number of ether oxygens (including phenoxy) is 2. The molecule has 3 atom stereocenters. The van der Waals surface area contributed by atoms with Gasteiger partial charge in [0.15, 0.2) is 5.96 Å². The van der Waals surface area contributed by atoms with Crippen LogP contribution in [0.5, 0.6) is 0 Å². The van der Waals surface area contributed by atoms with Gasteiger partial charge in [0.25, 0.3) is 0 Å². The van der Waals surface area contributed by atoms with E-state index in [2.05, 4.69) is 24.2 Å². The van der Waals surface area contributed by atoms with Crippen LogP contribution in [0.2, 0.25) is 0 Å². The minimum absolute atomic E-state index is 0.141. The molecular weight excluding hydrogens is 218 g/mol. The average Bonchev–Trinajstić information content (AvgIpc) is 2.73. The van der Waals surface area contributed by atoms with Gasteiger partial charge in [-0.05, 0) is 6.42 Å². The molecule has 2 fully saturated rings. The van der Waals surface area contributed by atoms with Crippen molar-refractivity contribution in [3.8, 4) is 0 Å². The lowest BCUT2D eigenvalue weighted by molar-refractivity contribution is -0.106. The Bertz CT molecular complexity index is 304. The van der Waals surface area contributed by atoms with Crippen molar-refractivity contribution in [2.45, 2.75) is 32.4 Å². The predicted molar refractivity (Wildman–Crippen MR) is 66.9 cm³/mol. The van der Waals surface area contributed by atoms with Gasteiger partial charge in [0.05, 0.1) is 19.3 Å². The number of aliphatic imine (C=N–C) groups is 1. The highest BCUT2D eigenvalue weighted by atomic mass is 16.5. The SMILES string of the molecule is COCCN=C(N)NC1C2CCOC2C1(C)C. The van der Waals surface area contributed by atoms with Gasteiger partial charge in [0.1, 0.15) is 0 Å². The van der Waals surface area contributed by atoms with Gasteiger partial charge in [-0.2, -0.15) is 0 Å². The van der Waals surface area contributed by atoms with E-state index < -0.39 is 0 Å². The topological polar surface area (TPSA) is 68.9 Å². The molecule has 0 aromatic heterocycles. The molecule has 0 spiro atoms. The van der Waals surface area contributed by atoms with E-state index in [0.717, 1.165) is 13.0 Å². The monoisotopic (exact) mass is 241 g/mol. The second-order valence-corrected chi connectivity index (χ2v) is 5.45. The first-order valence-electron chi connectivity index (χ1n) is 6.24. The third-order valence-corrected chi connectivity index (χ3v) is 3.98. The molecule has 0 aromatic rings. The summed E-state index contributed by atoms with van der Waals surface area (Å²) in [7, 11) is 1.66. The maximum absolute atomic E-state index is 5.87. The van der Waals surface area contributed by atoms with E-state index in [0.29, 0.717) is 37.2 Å². The van der Waals surface area contributed by atoms with Gasteiger partial charge in [0.2, 0.25) is 0 Å². The standard InChI is InChI=1S/C12H23N3O2/c1-12(2)9(8-4-6-17-10(8)12)15-11(13)14-5-7-16-3/h8-10H,4-7H2,1-3H3,(H3,13,14,15). The van der Waals surface area contributed by atoms with Gasteiger partial charge in [-0.1, -0.05) is 13.8 Å². The average molecular weight is 241 g/mol. The summed E-state index contributed by atoms with van der Waals surface area (Å²) in [4.78, 5) is 4.23. The summed E-state index contributed by atoms with van der Waals surface area (Å²) in [5, 5.41) is 3.33. The van der Waals surface area contributed by atoms with Crippen molar-refractivity contribution in [3.63, 3.8) is 0 Å². The molecular formula is C12H23N3O2. The first-order valence-corrected chi connectivity index (χ1v) is 6.24. The van der Waals surface area contributed by atoms with E-state index in [1.807, 2.05) is 0 Å². The Kier molecular flexibility index (Phi) is 3.58. The summed E-state index contributed by atoms with van der Waals surface area (Å²) in [5.41, 5.74) is 6.01. The first kappa shape index (κ1) is 12.6. The molecule has 5 heteroatoms. The normalized spacial score (nSPS) is 35.2. The molecule has 1 saturated heterocycles. The Morgan fingerprint density at radius 1 is 1.59 bits per heavy atom. The van der Waals surface area contributed by atoms with Crippen molar-refractivity contribution in [2.75, 3.05) is 26.9 Å². The molecule has 2 rings (SSSR count). The zero-order valence-electron chi connectivity index (χ0n) is 10.9. The van der Waals surface area contributed by atoms with Crippen LogP contribution in [0.1, 0.15) is 20.3 Å². The zero-order chi connectivity index (χ0) is 12.5. The van der Waals surface area contributed by atoms with E-state index in [4.69, 9.17) is 15.2 Å². The van der Waals surface area contributed by atoms with Crippen LogP contribution < -0.4 is 11.1 Å². The van der Waals surface area contributed by atoms with Gasteiger partial charge in [0, 0.05) is 31.1 Å². The van der Waals surface area contributed by atoms with Crippen molar-refractivity contribution in [3.05, 3.63) is 0 Å². The predicted octanol–water partition coefficient (Wildman–Crippen LogP) is 0.351. The van der Waals surface area contributed by atoms with Crippen LogP contribution in [0.4, 0.5) is 0 Å². The number of nitrogens with zero attached hydrogens (tertiary/aromatic N) is 1. The highest BCUT2D eigenvalue weighted by Crippen LogP contribution is 2.51. The lowest BCUT2D eigenvalue weighted by Gasteiger charge is -2.54. The molecule has 3 N–H and O–H groups in total. The number of hydrogen-bond donors (Lipinski definition) is 2. The fourth-order valence-corrected chi connectivity index (χ4v) is 3.08. The van der Waals surface area contributed by atoms with Gasteiger partial charge in [-0.15, -0.1) is 0 Å². The van der Waals surface area contributed by atoms with Crippen molar-refractivity contribution in [1.29, 1.82) is 0 Å². The van der Waals surface area contributed by atoms with Crippen LogP contribution in [0, 0.1) is 11.3 Å². The summed E-state index contributed by atoms with van der Waals surface area (Å²) in [6.07, 6.45) is 1.50. The summed E-state index contributed by atoms with van der Waals surface area (Å²) >= 11 is 0. The van der Waals surface area contributed by atoms with E-state index in [1.54, 1.807) is 7.11 Å². The van der Waals surface area contributed by atoms with E-state index >= 15 is 0 Å². The van der Waals surface area contributed by atoms with E-state index in [9.17, 15) is 0 Å². The molecule has 5 nitrogen and oxygen atoms in total. The first-order chi connectivity index (χ1) is 8.07. The Hall–Kier alpha value is -0.810. The second kappa shape index (κ2) is 4.82. The molecule has 1 aliphatic heterocycles. The van der Waals surface area contributed by atoms with Gasteiger partial charge >= 0.3 is 0 Å². The fourth-order valence-electron chi connectivity index (χ4n) is 3.08. The van der Waals surface area contributed by atoms with E-state index in [-0.39, 0.29) is 5.41 Å². The minimum atomic E-state index is 0.141. The largest absolute Gasteiger partial charge is 0.383 e. The van der Waals surface area contributed by atoms with Gasteiger partial charge < -0.3 is 20.5 Å². The number of methoxy groups -OCH3 is 1. The lowest BCUT2D eigenvalue weighted by atomic mass is 9.57. The molecule has 98 valence electrons. The lowest BCUT2D eigenvalue weighted by Crippen LogP contribution is -2.67. The number of hydrogen-bond acceptors (Lipinski definition) is 3. The van der Waals surface area contributed by atoms with Crippen LogP contribution in [-0.2, 0) is 9.47 Å². The van der Waals surface area contributed by atoms with Crippen LogP contribution in [-0.4, -0.2) is 45.0 Å². The number of rotatable bonds is 4. The van der Waals surface area contributed by atoms with Gasteiger partial charge in [-0.3, -0.25) is 4.99 Å². The summed E-state index contributed by atoms with van der Waals surface area (Å²) in [6, 6.07) is 0.376. The Labute approximate surface area is 103 Å². The minimum Gasteiger partial charge on any atom is -0.383 e. The Balaban J connectivity index is 1.88. The molecule has 1 heterocycles. The molecule has 3 unspecified atom stereocenters. The Morgan fingerprint density at radius 3 is 3.06 bits per heavy atom. The molecule has 0 radical (unpaired) electrons. The number of nitrogens with one attached hydrogen (secondary N) is 1. The van der Waals surface area contributed by atoms with Crippen LogP contribution >= 0.6 is 0 Å². The third kappa shape index (κ3) is 2.26. The number of guanidine groups is 1. The second-order valence-electron chi connectivity index (χ2n) is 5.45. The molecule has 0 bridgehead atoms. The van der Waals surface area contributed by atoms with Crippen molar-refractivity contribution >= 4 is 5.96 Å². The third-order valence-electron chi connectivity index (χ3n) is 3.98. The molecule has 1 aliphatic carbocycles. The molecule has 1 saturated carbocycles. The molecule has 0 amide bonds. The highest BCUT2D eigenvalue weighted by Gasteiger charge is 2.59. The highest BCUT2D eigenvalue weighted by molar-refractivity contribution is 5.78. The molecule has 17 heavy (non-hydrogen) atoms. The summed E-state index contributed by atoms with van der Waals surface area (Å²) < 4.78 is 10.7.